The van der Waals surface area contributed by atoms with Gasteiger partial charge in [0.1, 0.15) is 6.33 Å². The molecule has 1 unspecified atom stereocenters. The Bertz CT molecular complexity index is 622. The first-order valence-electron chi connectivity index (χ1n) is 6.46. The molecular weight excluding hydrogens is 306 g/mol. The summed E-state index contributed by atoms with van der Waals surface area (Å²) in [5.41, 5.74) is 0.806. The van der Waals surface area contributed by atoms with E-state index in [1.165, 1.54) is 11.8 Å². The van der Waals surface area contributed by atoms with Crippen LogP contribution in [0.15, 0.2) is 40.6 Å². The highest BCUT2D eigenvalue weighted by molar-refractivity contribution is 7.99. The third-order valence-corrected chi connectivity index (χ3v) is 5.03. The zero-order valence-corrected chi connectivity index (χ0v) is 13.1. The van der Waals surface area contributed by atoms with Gasteiger partial charge < -0.3 is 9.88 Å². The van der Waals surface area contributed by atoms with Gasteiger partial charge in [0, 0.05) is 29.3 Å². The molecule has 1 amide bonds. The van der Waals surface area contributed by atoms with E-state index in [1.54, 1.807) is 18.1 Å². The van der Waals surface area contributed by atoms with Crippen LogP contribution in [-0.4, -0.2) is 38.3 Å². The molecule has 1 aromatic heterocycles. The van der Waals surface area contributed by atoms with Crippen LogP contribution in [0.1, 0.15) is 0 Å². The van der Waals surface area contributed by atoms with Crippen molar-refractivity contribution in [2.24, 2.45) is 7.05 Å². The van der Waals surface area contributed by atoms with E-state index in [-0.39, 0.29) is 11.9 Å². The first-order valence-corrected chi connectivity index (χ1v) is 8.43. The van der Waals surface area contributed by atoms with Crippen LogP contribution < -0.4 is 10.6 Å². The van der Waals surface area contributed by atoms with Gasteiger partial charge in [-0.05, 0) is 36.0 Å². The zero-order chi connectivity index (χ0) is 14.7. The average Bonchev–Trinajstić information content (AvgIpc) is 3.14. The number of amides is 1. The molecule has 21 heavy (non-hydrogen) atoms. The Morgan fingerprint density at radius 1 is 1.48 bits per heavy atom. The second kappa shape index (κ2) is 6.50. The number of benzene rings is 1. The van der Waals surface area contributed by atoms with Gasteiger partial charge in [0.15, 0.2) is 5.16 Å². The van der Waals surface area contributed by atoms with Gasteiger partial charge in [-0.15, -0.1) is 22.0 Å². The molecule has 2 aromatic rings. The molecule has 3 rings (SSSR count). The third-order valence-electron chi connectivity index (χ3n) is 3.03. The molecule has 1 saturated heterocycles. The van der Waals surface area contributed by atoms with E-state index in [2.05, 4.69) is 20.8 Å². The summed E-state index contributed by atoms with van der Waals surface area (Å²) in [5, 5.41) is 14.8. The molecule has 1 aliphatic heterocycles. The van der Waals surface area contributed by atoms with E-state index in [0.717, 1.165) is 27.4 Å². The van der Waals surface area contributed by atoms with E-state index in [4.69, 9.17) is 0 Å². The maximum Gasteiger partial charge on any atom is 0.242 e. The molecule has 0 saturated carbocycles. The highest BCUT2D eigenvalue weighted by Gasteiger charge is 2.22. The number of thioether (sulfide) groups is 1. The van der Waals surface area contributed by atoms with Gasteiger partial charge in [0.25, 0.3) is 0 Å². The fourth-order valence-electron chi connectivity index (χ4n) is 1.87. The first-order chi connectivity index (χ1) is 10.2. The summed E-state index contributed by atoms with van der Waals surface area (Å²) in [6.07, 6.45) is 1.67. The van der Waals surface area contributed by atoms with Crippen molar-refractivity contribution in [1.82, 2.24) is 20.1 Å². The number of hydrogen-bond acceptors (Lipinski definition) is 6. The Morgan fingerprint density at radius 2 is 2.29 bits per heavy atom. The normalized spacial score (nSPS) is 17.9. The first kappa shape index (κ1) is 14.4. The molecule has 0 aliphatic carbocycles. The van der Waals surface area contributed by atoms with Crippen LogP contribution >= 0.6 is 23.5 Å². The summed E-state index contributed by atoms with van der Waals surface area (Å²) in [4.78, 5) is 13.0. The Labute approximate surface area is 131 Å². The van der Waals surface area contributed by atoms with Gasteiger partial charge in [0.2, 0.25) is 5.91 Å². The van der Waals surface area contributed by atoms with Crippen molar-refractivity contribution in [2.75, 3.05) is 16.9 Å². The lowest BCUT2D eigenvalue weighted by atomic mass is 10.2. The minimum atomic E-state index is -0.0947. The monoisotopic (exact) mass is 321 g/mol. The molecule has 1 atom stereocenters. The lowest BCUT2D eigenvalue weighted by Crippen LogP contribution is -2.37. The van der Waals surface area contributed by atoms with Crippen LogP contribution in [0.2, 0.25) is 0 Å². The molecule has 6 nitrogen and oxygen atoms in total. The van der Waals surface area contributed by atoms with Gasteiger partial charge in [-0.1, -0.05) is 0 Å². The summed E-state index contributed by atoms with van der Waals surface area (Å²) < 4.78 is 1.86. The van der Waals surface area contributed by atoms with Crippen LogP contribution in [0.25, 0.3) is 0 Å². The largest absolute Gasteiger partial charge is 0.325 e. The standard InChI is InChI=1S/C13H15N5OS2/c1-18-7-15-17-13(18)21-10-4-2-9(3-5-10)16-12(19)11-6-20-8-14-11/h2-5,7,11,14H,6,8H2,1H3,(H,16,19). The number of anilines is 1. The number of aromatic nitrogens is 3. The number of aryl methyl sites for hydroxylation is 1. The molecular formula is C13H15N5OS2. The lowest BCUT2D eigenvalue weighted by Gasteiger charge is -2.10. The van der Waals surface area contributed by atoms with E-state index >= 15 is 0 Å². The quantitative estimate of drug-likeness (QED) is 0.890. The molecule has 1 aliphatic rings. The molecule has 110 valence electrons. The van der Waals surface area contributed by atoms with E-state index in [9.17, 15) is 4.79 Å². The fourth-order valence-corrected chi connectivity index (χ4v) is 3.57. The number of hydrogen-bond donors (Lipinski definition) is 2. The Morgan fingerprint density at radius 3 is 2.90 bits per heavy atom. The van der Waals surface area contributed by atoms with Crippen molar-refractivity contribution < 1.29 is 4.79 Å². The second-order valence-electron chi connectivity index (χ2n) is 4.61. The number of carbonyl (C=O) groups excluding carboxylic acids is 1. The predicted molar refractivity (Wildman–Crippen MR) is 84.4 cm³/mol. The maximum absolute atomic E-state index is 12.0. The Kier molecular flexibility index (Phi) is 4.47. The Hall–Kier alpha value is -1.51. The average molecular weight is 321 g/mol. The molecule has 0 bridgehead atoms. The van der Waals surface area contributed by atoms with Crippen LogP contribution in [0.4, 0.5) is 5.69 Å². The van der Waals surface area contributed by atoms with Crippen molar-refractivity contribution in [3.8, 4) is 0 Å². The van der Waals surface area contributed by atoms with Crippen molar-refractivity contribution in [3.63, 3.8) is 0 Å². The number of carbonyl (C=O) groups is 1. The summed E-state index contributed by atoms with van der Waals surface area (Å²) in [7, 11) is 1.91. The number of rotatable bonds is 4. The van der Waals surface area contributed by atoms with Crippen LogP contribution in [0, 0.1) is 0 Å². The van der Waals surface area contributed by atoms with Crippen molar-refractivity contribution in [1.29, 1.82) is 0 Å². The van der Waals surface area contributed by atoms with Crippen LogP contribution in [-0.2, 0) is 11.8 Å². The van der Waals surface area contributed by atoms with Gasteiger partial charge in [0.05, 0.1) is 6.04 Å². The molecule has 8 heteroatoms. The summed E-state index contributed by atoms with van der Waals surface area (Å²) >= 11 is 3.27. The van der Waals surface area contributed by atoms with Crippen molar-refractivity contribution >= 4 is 35.1 Å². The minimum absolute atomic E-state index is 0.0219. The minimum Gasteiger partial charge on any atom is -0.325 e. The topological polar surface area (TPSA) is 71.8 Å². The fraction of sp³-hybridized carbons (Fsp3) is 0.308. The SMILES string of the molecule is Cn1cnnc1Sc1ccc(NC(=O)C2CSCN2)cc1. The summed E-state index contributed by atoms with van der Waals surface area (Å²) in [6, 6.07) is 7.64. The van der Waals surface area contributed by atoms with Crippen LogP contribution in [0.3, 0.4) is 0 Å². The molecule has 0 radical (unpaired) electrons. The second-order valence-corrected chi connectivity index (χ2v) is 6.68. The summed E-state index contributed by atoms with van der Waals surface area (Å²) in [6.45, 7) is 0. The molecule has 2 heterocycles. The van der Waals surface area contributed by atoms with E-state index in [0.29, 0.717) is 0 Å². The predicted octanol–water partition coefficient (Wildman–Crippen LogP) is 1.57. The van der Waals surface area contributed by atoms with Gasteiger partial charge in [-0.2, -0.15) is 0 Å². The third kappa shape index (κ3) is 3.58. The smallest absolute Gasteiger partial charge is 0.242 e. The number of nitrogens with one attached hydrogen (secondary N) is 2. The molecule has 2 N–H and O–H groups in total. The maximum atomic E-state index is 12.0. The zero-order valence-electron chi connectivity index (χ0n) is 11.4. The van der Waals surface area contributed by atoms with Gasteiger partial charge in [-0.3, -0.25) is 10.1 Å². The summed E-state index contributed by atoms with van der Waals surface area (Å²) in [5.74, 6) is 1.69. The van der Waals surface area contributed by atoms with Crippen molar-refractivity contribution in [2.45, 2.75) is 16.1 Å². The molecule has 1 aromatic carbocycles. The van der Waals surface area contributed by atoms with Gasteiger partial charge >= 0.3 is 0 Å². The highest BCUT2D eigenvalue weighted by atomic mass is 32.2. The molecule has 0 spiro atoms. The van der Waals surface area contributed by atoms with E-state index < -0.39 is 0 Å². The molecule has 1 fully saturated rings. The number of nitrogens with zero attached hydrogens (tertiary/aromatic N) is 3. The Balaban J connectivity index is 1.61. The van der Waals surface area contributed by atoms with Crippen molar-refractivity contribution in [3.05, 3.63) is 30.6 Å². The van der Waals surface area contributed by atoms with E-state index in [1.807, 2.05) is 35.9 Å². The van der Waals surface area contributed by atoms with Crippen LogP contribution in [0.5, 0.6) is 0 Å². The highest BCUT2D eigenvalue weighted by Crippen LogP contribution is 2.26. The lowest BCUT2D eigenvalue weighted by molar-refractivity contribution is -0.117. The van der Waals surface area contributed by atoms with Gasteiger partial charge in [-0.25, -0.2) is 0 Å².